The molecule has 0 saturated heterocycles. The van der Waals surface area contributed by atoms with E-state index < -0.39 is 0 Å². The molecule has 2 aromatic carbocycles. The van der Waals surface area contributed by atoms with Gasteiger partial charge in [0.2, 0.25) is 5.91 Å². The molecular weight excluding hydrogens is 374 g/mol. The van der Waals surface area contributed by atoms with Crippen molar-refractivity contribution in [2.75, 3.05) is 18.9 Å². The number of nitrogens with two attached hydrogens (primary N) is 1. The van der Waals surface area contributed by atoms with Gasteiger partial charge in [0.1, 0.15) is 0 Å². The minimum absolute atomic E-state index is 0.000348. The molecule has 0 aliphatic carbocycles. The van der Waals surface area contributed by atoms with Crippen LogP contribution in [0.15, 0.2) is 53.5 Å². The molecule has 28 heavy (non-hydrogen) atoms. The molecule has 0 spiro atoms. The Morgan fingerprint density at radius 1 is 1.18 bits per heavy atom. The fourth-order valence-corrected chi connectivity index (χ4v) is 2.86. The largest absolute Gasteiger partial charge is 0.370 e. The highest BCUT2D eigenvalue weighted by Gasteiger charge is 2.18. The molecule has 1 atom stereocenters. The van der Waals surface area contributed by atoms with Crippen LogP contribution >= 0.6 is 11.6 Å². The van der Waals surface area contributed by atoms with E-state index in [1.807, 2.05) is 49.4 Å². The van der Waals surface area contributed by atoms with Gasteiger partial charge < -0.3 is 21.7 Å². The molecule has 0 fully saturated rings. The first-order chi connectivity index (χ1) is 13.5. The van der Waals surface area contributed by atoms with E-state index in [1.54, 1.807) is 13.1 Å². The molecule has 0 heterocycles. The summed E-state index contributed by atoms with van der Waals surface area (Å²) in [5, 5.41) is 9.86. The molecule has 0 aliphatic rings. The van der Waals surface area contributed by atoms with E-state index in [2.05, 4.69) is 20.9 Å². The Hall–Kier alpha value is -2.57. The number of nitrogens with one attached hydrogen (secondary N) is 3. The summed E-state index contributed by atoms with van der Waals surface area (Å²) in [5.41, 5.74) is 8.50. The number of halogens is 1. The maximum Gasteiger partial charge on any atom is 0.237 e. The lowest BCUT2D eigenvalue weighted by molar-refractivity contribution is -0.123. The summed E-state index contributed by atoms with van der Waals surface area (Å²) < 4.78 is 0. The van der Waals surface area contributed by atoms with E-state index in [0.717, 1.165) is 17.5 Å². The Morgan fingerprint density at radius 2 is 1.93 bits per heavy atom. The van der Waals surface area contributed by atoms with Crippen LogP contribution in [-0.2, 0) is 17.8 Å². The quantitative estimate of drug-likeness (QED) is 0.384. The number of benzene rings is 2. The molecule has 0 bridgehead atoms. The minimum Gasteiger partial charge on any atom is -0.370 e. The zero-order valence-electron chi connectivity index (χ0n) is 16.3. The van der Waals surface area contributed by atoms with Gasteiger partial charge in [-0.3, -0.25) is 9.79 Å². The highest BCUT2D eigenvalue weighted by atomic mass is 35.5. The summed E-state index contributed by atoms with van der Waals surface area (Å²) in [6.07, 6.45) is 1.51. The molecule has 2 aromatic rings. The lowest BCUT2D eigenvalue weighted by Crippen LogP contribution is -2.45. The second kappa shape index (κ2) is 11.3. The Morgan fingerprint density at radius 3 is 2.61 bits per heavy atom. The molecule has 0 saturated carbocycles. The van der Waals surface area contributed by atoms with E-state index in [4.69, 9.17) is 17.3 Å². The van der Waals surface area contributed by atoms with E-state index in [1.165, 1.54) is 0 Å². The normalized spacial score (nSPS) is 12.5. The predicted molar refractivity (Wildman–Crippen MR) is 117 cm³/mol. The average molecular weight is 402 g/mol. The standard InChI is InChI=1S/C21H28ClN5O/c1-3-11-25-20(28)19(12-15-7-5-4-6-8-15)26-14-16-9-10-17(22)18(13-16)27-21(23)24-2/h4-10,13,19,26H,3,11-12,14H2,1-2H3,(H,25,28)(H3,23,24,27)/t19-/m0/s1. The van der Waals surface area contributed by atoms with Gasteiger partial charge in [-0.2, -0.15) is 0 Å². The van der Waals surface area contributed by atoms with E-state index in [-0.39, 0.29) is 17.9 Å². The van der Waals surface area contributed by atoms with Crippen molar-refractivity contribution in [3.8, 4) is 0 Å². The van der Waals surface area contributed by atoms with Crippen LogP contribution in [0.2, 0.25) is 5.02 Å². The van der Waals surface area contributed by atoms with Crippen molar-refractivity contribution in [1.82, 2.24) is 10.6 Å². The first kappa shape index (κ1) is 21.7. The van der Waals surface area contributed by atoms with E-state index >= 15 is 0 Å². The maximum absolute atomic E-state index is 12.6. The van der Waals surface area contributed by atoms with E-state index in [0.29, 0.717) is 30.2 Å². The first-order valence-corrected chi connectivity index (χ1v) is 9.74. The van der Waals surface area contributed by atoms with Crippen LogP contribution in [0.5, 0.6) is 0 Å². The van der Waals surface area contributed by atoms with Crippen LogP contribution in [0.4, 0.5) is 5.69 Å². The lowest BCUT2D eigenvalue weighted by Gasteiger charge is -2.19. The number of anilines is 1. The van der Waals surface area contributed by atoms with Crippen molar-refractivity contribution in [2.45, 2.75) is 32.4 Å². The second-order valence-electron chi connectivity index (χ2n) is 6.46. The number of carbonyl (C=O) groups excluding carboxylic acids is 1. The van der Waals surface area contributed by atoms with Crippen molar-refractivity contribution >= 4 is 29.2 Å². The molecule has 1 amide bonds. The van der Waals surface area contributed by atoms with Gasteiger partial charge in [-0.1, -0.05) is 54.9 Å². The van der Waals surface area contributed by atoms with Crippen molar-refractivity contribution in [2.24, 2.45) is 10.7 Å². The van der Waals surface area contributed by atoms with Crippen LogP contribution in [0.3, 0.4) is 0 Å². The van der Waals surface area contributed by atoms with Crippen LogP contribution in [0.1, 0.15) is 24.5 Å². The third-order valence-electron chi connectivity index (χ3n) is 4.24. The fraction of sp³-hybridized carbons (Fsp3) is 0.333. The van der Waals surface area contributed by atoms with Gasteiger partial charge in [-0.05, 0) is 36.1 Å². The fourth-order valence-electron chi connectivity index (χ4n) is 2.69. The Kier molecular flexibility index (Phi) is 8.78. The summed E-state index contributed by atoms with van der Waals surface area (Å²) in [4.78, 5) is 16.5. The lowest BCUT2D eigenvalue weighted by atomic mass is 10.0. The highest BCUT2D eigenvalue weighted by molar-refractivity contribution is 6.33. The van der Waals surface area contributed by atoms with Gasteiger partial charge in [0.25, 0.3) is 0 Å². The molecule has 0 aliphatic heterocycles. The maximum atomic E-state index is 12.6. The number of aliphatic imine (C=N–C) groups is 1. The minimum atomic E-state index is -0.330. The summed E-state index contributed by atoms with van der Waals surface area (Å²) in [6, 6.07) is 15.3. The smallest absolute Gasteiger partial charge is 0.237 e. The molecule has 5 N–H and O–H groups in total. The highest BCUT2D eigenvalue weighted by Crippen LogP contribution is 2.23. The van der Waals surface area contributed by atoms with Gasteiger partial charge in [0.15, 0.2) is 5.96 Å². The Bertz CT molecular complexity index is 795. The van der Waals surface area contributed by atoms with Crippen LogP contribution in [0, 0.1) is 0 Å². The Labute approximate surface area is 171 Å². The zero-order chi connectivity index (χ0) is 20.4. The number of guanidine groups is 1. The molecule has 2 rings (SSSR count). The van der Waals surface area contributed by atoms with Gasteiger partial charge in [0, 0.05) is 20.1 Å². The van der Waals surface area contributed by atoms with Gasteiger partial charge in [0.05, 0.1) is 16.8 Å². The molecule has 0 unspecified atom stereocenters. The molecule has 7 heteroatoms. The summed E-state index contributed by atoms with van der Waals surface area (Å²) in [5.74, 6) is 0.285. The SMILES string of the molecule is CCCNC(=O)[C@H](Cc1ccccc1)NCc1ccc(Cl)c(NC(N)=NC)c1. The number of hydrogen-bond acceptors (Lipinski definition) is 3. The van der Waals surface area contributed by atoms with Gasteiger partial charge in [-0.15, -0.1) is 0 Å². The number of carbonyl (C=O) groups is 1. The molecule has 0 radical (unpaired) electrons. The number of hydrogen-bond donors (Lipinski definition) is 4. The van der Waals surface area contributed by atoms with Crippen molar-refractivity contribution in [3.63, 3.8) is 0 Å². The monoisotopic (exact) mass is 401 g/mol. The van der Waals surface area contributed by atoms with E-state index in [9.17, 15) is 4.79 Å². The third-order valence-corrected chi connectivity index (χ3v) is 4.56. The van der Waals surface area contributed by atoms with Gasteiger partial charge in [-0.25, -0.2) is 0 Å². The Balaban J connectivity index is 2.09. The molecule has 0 aromatic heterocycles. The van der Waals surface area contributed by atoms with Crippen molar-refractivity contribution in [1.29, 1.82) is 0 Å². The topological polar surface area (TPSA) is 91.5 Å². The van der Waals surface area contributed by atoms with Crippen LogP contribution in [-0.4, -0.2) is 31.5 Å². The predicted octanol–water partition coefficient (Wildman–Crippen LogP) is 2.92. The molecule has 150 valence electrons. The average Bonchev–Trinajstić information content (AvgIpc) is 2.72. The summed E-state index contributed by atoms with van der Waals surface area (Å²) >= 11 is 6.22. The van der Waals surface area contributed by atoms with Crippen LogP contribution < -0.4 is 21.7 Å². The van der Waals surface area contributed by atoms with Crippen LogP contribution in [0.25, 0.3) is 0 Å². The van der Waals surface area contributed by atoms with Gasteiger partial charge >= 0.3 is 0 Å². The third kappa shape index (κ3) is 6.87. The zero-order valence-corrected chi connectivity index (χ0v) is 17.1. The number of amides is 1. The number of rotatable bonds is 9. The first-order valence-electron chi connectivity index (χ1n) is 9.36. The van der Waals surface area contributed by atoms with Crippen molar-refractivity contribution < 1.29 is 4.79 Å². The summed E-state index contributed by atoms with van der Waals surface area (Å²) in [6.45, 7) is 3.22. The number of nitrogens with zero attached hydrogens (tertiary/aromatic N) is 1. The molecular formula is C21H28ClN5O. The summed E-state index contributed by atoms with van der Waals surface area (Å²) in [7, 11) is 1.60. The molecule has 6 nitrogen and oxygen atoms in total. The second-order valence-corrected chi connectivity index (χ2v) is 6.87. The van der Waals surface area contributed by atoms with Crippen molar-refractivity contribution in [3.05, 3.63) is 64.7 Å².